The Morgan fingerprint density at radius 3 is 2.30 bits per heavy atom. The highest BCUT2D eigenvalue weighted by molar-refractivity contribution is 5.85. The monoisotopic (exact) mass is 270 g/mol. The van der Waals surface area contributed by atoms with E-state index >= 15 is 0 Å². The number of hydrogen-bond acceptors (Lipinski definition) is 1. The van der Waals surface area contributed by atoms with Gasteiger partial charge < -0.3 is 0 Å². The topological polar surface area (TPSA) is 28.7 Å². The molecular weight excluding hydrogens is 244 g/mol. The highest BCUT2D eigenvalue weighted by Crippen LogP contribution is 2.34. The van der Waals surface area contributed by atoms with Crippen molar-refractivity contribution in [3.05, 3.63) is 29.5 Å². The standard InChI is InChI=1S/C18H26N2/c1-14-10-9-13-16-17(14)18(20-19-16)15-11-7-5-3-2-4-6-8-12-15/h9-10,13,15H,2-8,11-12H2,1H3,(H,19,20). The van der Waals surface area contributed by atoms with Gasteiger partial charge in [-0.3, -0.25) is 5.10 Å². The molecule has 1 aliphatic carbocycles. The van der Waals surface area contributed by atoms with E-state index in [2.05, 4.69) is 35.3 Å². The molecule has 0 radical (unpaired) electrons. The highest BCUT2D eigenvalue weighted by atomic mass is 15.1. The molecular formula is C18H26N2. The number of rotatable bonds is 1. The average molecular weight is 270 g/mol. The lowest BCUT2D eigenvalue weighted by atomic mass is 9.88. The maximum absolute atomic E-state index is 4.53. The molecule has 1 aromatic heterocycles. The number of fused-ring (bicyclic) bond motifs is 1. The summed E-state index contributed by atoms with van der Waals surface area (Å²) in [7, 11) is 0. The van der Waals surface area contributed by atoms with E-state index in [0.717, 1.165) is 5.52 Å². The van der Waals surface area contributed by atoms with Crippen LogP contribution in [0.3, 0.4) is 0 Å². The van der Waals surface area contributed by atoms with Crippen molar-refractivity contribution in [2.75, 3.05) is 0 Å². The maximum atomic E-state index is 4.53. The van der Waals surface area contributed by atoms with Crippen LogP contribution >= 0.6 is 0 Å². The quantitative estimate of drug-likeness (QED) is 0.730. The van der Waals surface area contributed by atoms with Crippen molar-refractivity contribution in [2.45, 2.75) is 70.6 Å². The molecule has 1 heterocycles. The number of H-pyrrole nitrogens is 1. The zero-order valence-electron chi connectivity index (χ0n) is 12.6. The summed E-state index contributed by atoms with van der Waals surface area (Å²) < 4.78 is 0. The van der Waals surface area contributed by atoms with E-state index in [1.807, 2.05) is 0 Å². The van der Waals surface area contributed by atoms with Gasteiger partial charge in [0.2, 0.25) is 0 Å². The Bertz CT molecular complexity index is 546. The van der Waals surface area contributed by atoms with Crippen LogP contribution in [0.1, 0.15) is 75.0 Å². The first-order valence-electron chi connectivity index (χ1n) is 8.30. The van der Waals surface area contributed by atoms with Gasteiger partial charge in [0.1, 0.15) is 0 Å². The summed E-state index contributed by atoms with van der Waals surface area (Å²) in [5.74, 6) is 0.680. The van der Waals surface area contributed by atoms with Crippen LogP contribution in [0, 0.1) is 6.92 Å². The Morgan fingerprint density at radius 2 is 1.60 bits per heavy atom. The van der Waals surface area contributed by atoms with E-state index in [1.54, 1.807) is 0 Å². The Balaban J connectivity index is 1.87. The molecule has 2 aromatic rings. The van der Waals surface area contributed by atoms with Gasteiger partial charge in [-0.2, -0.15) is 5.10 Å². The van der Waals surface area contributed by atoms with E-state index in [1.165, 1.54) is 74.4 Å². The molecule has 1 aromatic carbocycles. The molecule has 0 aliphatic heterocycles. The van der Waals surface area contributed by atoms with Crippen LogP contribution in [-0.2, 0) is 0 Å². The van der Waals surface area contributed by atoms with Gasteiger partial charge >= 0.3 is 0 Å². The molecule has 108 valence electrons. The van der Waals surface area contributed by atoms with E-state index in [-0.39, 0.29) is 0 Å². The van der Waals surface area contributed by atoms with Gasteiger partial charge in [0, 0.05) is 17.0 Å². The van der Waals surface area contributed by atoms with Crippen LogP contribution < -0.4 is 0 Å². The van der Waals surface area contributed by atoms with Crippen LogP contribution in [0.4, 0.5) is 0 Å². The van der Waals surface area contributed by atoms with Crippen LogP contribution in [0.15, 0.2) is 18.2 Å². The van der Waals surface area contributed by atoms with Gasteiger partial charge in [-0.1, -0.05) is 57.1 Å². The predicted octanol–water partition coefficient (Wildman–Crippen LogP) is 5.48. The van der Waals surface area contributed by atoms with Crippen LogP contribution in [0.25, 0.3) is 10.9 Å². The fourth-order valence-corrected chi connectivity index (χ4v) is 3.67. The molecule has 0 unspecified atom stereocenters. The third-order valence-corrected chi connectivity index (χ3v) is 4.83. The summed E-state index contributed by atoms with van der Waals surface area (Å²) in [6, 6.07) is 6.44. The lowest BCUT2D eigenvalue weighted by molar-refractivity contribution is 0.458. The number of nitrogens with zero attached hydrogens (tertiary/aromatic N) is 1. The molecule has 1 saturated carbocycles. The molecule has 0 spiro atoms. The number of hydrogen-bond donors (Lipinski definition) is 1. The molecule has 1 fully saturated rings. The summed E-state index contributed by atoms with van der Waals surface area (Å²) in [4.78, 5) is 0. The average Bonchev–Trinajstić information content (AvgIpc) is 2.90. The second kappa shape index (κ2) is 6.43. The van der Waals surface area contributed by atoms with Gasteiger partial charge in [-0.25, -0.2) is 0 Å². The van der Waals surface area contributed by atoms with Gasteiger partial charge in [-0.05, 0) is 31.4 Å². The smallest absolute Gasteiger partial charge is 0.0926 e. The molecule has 0 saturated heterocycles. The van der Waals surface area contributed by atoms with Crippen molar-refractivity contribution < 1.29 is 0 Å². The lowest BCUT2D eigenvalue weighted by Gasteiger charge is -2.18. The maximum Gasteiger partial charge on any atom is 0.0926 e. The van der Waals surface area contributed by atoms with Gasteiger partial charge in [0.25, 0.3) is 0 Å². The van der Waals surface area contributed by atoms with Gasteiger partial charge in [0.15, 0.2) is 0 Å². The Labute approximate surface area is 122 Å². The van der Waals surface area contributed by atoms with E-state index in [4.69, 9.17) is 0 Å². The molecule has 0 atom stereocenters. The minimum Gasteiger partial charge on any atom is -0.281 e. The number of benzene rings is 1. The van der Waals surface area contributed by atoms with E-state index in [9.17, 15) is 0 Å². The fourth-order valence-electron chi connectivity index (χ4n) is 3.67. The van der Waals surface area contributed by atoms with Crippen molar-refractivity contribution in [3.63, 3.8) is 0 Å². The number of aromatic nitrogens is 2. The third kappa shape index (κ3) is 2.89. The van der Waals surface area contributed by atoms with Crippen molar-refractivity contribution in [3.8, 4) is 0 Å². The van der Waals surface area contributed by atoms with Crippen molar-refractivity contribution in [2.24, 2.45) is 0 Å². The molecule has 3 rings (SSSR count). The fraction of sp³-hybridized carbons (Fsp3) is 0.611. The summed E-state index contributed by atoms with van der Waals surface area (Å²) >= 11 is 0. The van der Waals surface area contributed by atoms with E-state index in [0.29, 0.717) is 5.92 Å². The van der Waals surface area contributed by atoms with Crippen molar-refractivity contribution in [1.29, 1.82) is 0 Å². The largest absolute Gasteiger partial charge is 0.281 e. The molecule has 2 heteroatoms. The predicted molar refractivity (Wildman–Crippen MR) is 85.1 cm³/mol. The van der Waals surface area contributed by atoms with E-state index < -0.39 is 0 Å². The lowest BCUT2D eigenvalue weighted by Crippen LogP contribution is -2.02. The third-order valence-electron chi connectivity index (χ3n) is 4.83. The van der Waals surface area contributed by atoms with Gasteiger partial charge in [-0.15, -0.1) is 0 Å². The Kier molecular flexibility index (Phi) is 4.39. The molecule has 1 aliphatic rings. The molecule has 1 N–H and O–H groups in total. The van der Waals surface area contributed by atoms with Crippen molar-refractivity contribution >= 4 is 10.9 Å². The van der Waals surface area contributed by atoms with Gasteiger partial charge in [0.05, 0.1) is 5.52 Å². The summed E-state index contributed by atoms with van der Waals surface area (Å²) in [5, 5.41) is 9.27. The molecule has 20 heavy (non-hydrogen) atoms. The molecule has 0 bridgehead atoms. The van der Waals surface area contributed by atoms with Crippen molar-refractivity contribution in [1.82, 2.24) is 10.2 Å². The Morgan fingerprint density at radius 1 is 0.950 bits per heavy atom. The SMILES string of the molecule is Cc1cccc2n[nH]c(C3CCCCCCCCC3)c12. The number of aromatic amines is 1. The summed E-state index contributed by atoms with van der Waals surface area (Å²) in [6.45, 7) is 2.21. The normalized spacial score (nSPS) is 19.2. The highest BCUT2D eigenvalue weighted by Gasteiger charge is 2.18. The van der Waals surface area contributed by atoms with Crippen LogP contribution in [0.5, 0.6) is 0 Å². The van der Waals surface area contributed by atoms with Crippen LogP contribution in [-0.4, -0.2) is 10.2 Å². The first-order chi connectivity index (χ1) is 9.86. The molecule has 0 amide bonds. The zero-order chi connectivity index (χ0) is 13.8. The zero-order valence-corrected chi connectivity index (χ0v) is 12.6. The molecule has 2 nitrogen and oxygen atoms in total. The second-order valence-electron chi connectivity index (χ2n) is 6.36. The second-order valence-corrected chi connectivity index (χ2v) is 6.36. The number of aryl methyl sites for hydroxylation is 1. The minimum absolute atomic E-state index is 0.680. The number of nitrogens with one attached hydrogen (secondary N) is 1. The summed E-state index contributed by atoms with van der Waals surface area (Å²) in [6.07, 6.45) is 12.5. The Hall–Kier alpha value is -1.31. The van der Waals surface area contributed by atoms with Crippen LogP contribution in [0.2, 0.25) is 0 Å². The first-order valence-corrected chi connectivity index (χ1v) is 8.30. The minimum atomic E-state index is 0.680. The summed E-state index contributed by atoms with van der Waals surface area (Å²) in [5.41, 5.74) is 3.90. The first kappa shape index (κ1) is 13.7.